The van der Waals surface area contributed by atoms with E-state index in [4.69, 9.17) is 10.2 Å². The number of nitrogens with two attached hydrogens (primary N) is 1. The third-order valence-corrected chi connectivity index (χ3v) is 4.92. The lowest BCUT2D eigenvalue weighted by molar-refractivity contribution is 0.483. The van der Waals surface area contributed by atoms with Crippen molar-refractivity contribution < 1.29 is 21.6 Å². The van der Waals surface area contributed by atoms with Gasteiger partial charge in [-0.25, -0.2) is 21.9 Å². The van der Waals surface area contributed by atoms with E-state index in [1.165, 1.54) is 6.07 Å². The molecule has 3 N–H and O–H groups in total. The largest absolute Gasteiger partial charge is 0.452 e. The second-order valence-corrected chi connectivity index (χ2v) is 6.57. The summed E-state index contributed by atoms with van der Waals surface area (Å²) in [6.07, 6.45) is 0. The molecule has 9 heteroatoms. The summed E-state index contributed by atoms with van der Waals surface area (Å²) in [6.45, 7) is -0.353. The van der Waals surface area contributed by atoms with Gasteiger partial charge in [0.1, 0.15) is 22.3 Å². The van der Waals surface area contributed by atoms with Crippen LogP contribution in [0.1, 0.15) is 11.3 Å². The lowest BCUT2D eigenvalue weighted by Crippen LogP contribution is -2.23. The normalized spacial score (nSPS) is 11.8. The predicted molar refractivity (Wildman–Crippen MR) is 74.7 cm³/mol. The van der Waals surface area contributed by atoms with Gasteiger partial charge in [0.2, 0.25) is 10.0 Å². The van der Waals surface area contributed by atoms with Gasteiger partial charge in [0, 0.05) is 18.2 Å². The monoisotopic (exact) mass is 380 g/mol. The SMILES string of the molecule is NCc1cc(S(=O)(=O)NCc2cc(F)ccc2F)c(Br)o1. The highest BCUT2D eigenvalue weighted by atomic mass is 79.9. The lowest BCUT2D eigenvalue weighted by atomic mass is 10.2. The average Bonchev–Trinajstić information content (AvgIpc) is 2.82. The Morgan fingerprint density at radius 2 is 2.00 bits per heavy atom. The maximum Gasteiger partial charge on any atom is 0.245 e. The molecule has 114 valence electrons. The Balaban J connectivity index is 2.21. The van der Waals surface area contributed by atoms with E-state index >= 15 is 0 Å². The van der Waals surface area contributed by atoms with Gasteiger partial charge in [-0.05, 0) is 34.1 Å². The fourth-order valence-electron chi connectivity index (χ4n) is 1.61. The van der Waals surface area contributed by atoms with E-state index in [9.17, 15) is 17.2 Å². The zero-order valence-corrected chi connectivity index (χ0v) is 13.0. The van der Waals surface area contributed by atoms with Gasteiger partial charge in [-0.2, -0.15) is 0 Å². The number of hydrogen-bond donors (Lipinski definition) is 2. The van der Waals surface area contributed by atoms with Crippen molar-refractivity contribution >= 4 is 26.0 Å². The molecule has 0 fully saturated rings. The molecule has 0 aliphatic carbocycles. The number of sulfonamides is 1. The molecule has 0 saturated heterocycles. The second kappa shape index (κ2) is 6.22. The van der Waals surface area contributed by atoms with Crippen LogP contribution in [0.5, 0.6) is 0 Å². The third kappa shape index (κ3) is 3.67. The van der Waals surface area contributed by atoms with Gasteiger partial charge in [-0.1, -0.05) is 0 Å². The molecule has 2 rings (SSSR count). The van der Waals surface area contributed by atoms with Crippen LogP contribution in [0.4, 0.5) is 8.78 Å². The van der Waals surface area contributed by atoms with E-state index in [0.717, 1.165) is 18.2 Å². The molecule has 21 heavy (non-hydrogen) atoms. The van der Waals surface area contributed by atoms with Crippen molar-refractivity contribution in [1.29, 1.82) is 0 Å². The van der Waals surface area contributed by atoms with Gasteiger partial charge in [0.05, 0.1) is 6.54 Å². The number of hydrogen-bond acceptors (Lipinski definition) is 4. The van der Waals surface area contributed by atoms with Crippen LogP contribution in [0.15, 0.2) is 38.2 Å². The van der Waals surface area contributed by atoms with Gasteiger partial charge in [0.25, 0.3) is 0 Å². The Hall–Kier alpha value is -1.29. The topological polar surface area (TPSA) is 85.3 Å². The highest BCUT2D eigenvalue weighted by Gasteiger charge is 2.22. The first-order valence-electron chi connectivity index (χ1n) is 5.75. The molecule has 0 spiro atoms. The molecule has 0 radical (unpaired) electrons. The van der Waals surface area contributed by atoms with Crippen LogP contribution in [-0.2, 0) is 23.1 Å². The Morgan fingerprint density at radius 1 is 1.29 bits per heavy atom. The number of rotatable bonds is 5. The molecule has 1 aromatic carbocycles. The van der Waals surface area contributed by atoms with Gasteiger partial charge in [0.15, 0.2) is 4.67 Å². The van der Waals surface area contributed by atoms with E-state index in [-0.39, 0.29) is 34.0 Å². The number of nitrogens with one attached hydrogen (secondary N) is 1. The molecule has 1 heterocycles. The van der Waals surface area contributed by atoms with Crippen molar-refractivity contribution in [2.45, 2.75) is 18.0 Å². The van der Waals surface area contributed by atoms with Crippen LogP contribution in [-0.4, -0.2) is 8.42 Å². The molecule has 0 saturated carbocycles. The summed E-state index contributed by atoms with van der Waals surface area (Å²) in [5, 5.41) is 0. The van der Waals surface area contributed by atoms with Crippen LogP contribution in [0.2, 0.25) is 0 Å². The number of furan rings is 1. The Labute approximate surface area is 128 Å². The molecular formula is C12H11BrF2N2O3S. The first-order valence-corrected chi connectivity index (χ1v) is 8.03. The highest BCUT2D eigenvalue weighted by molar-refractivity contribution is 9.10. The average molecular weight is 381 g/mol. The molecule has 0 aliphatic rings. The van der Waals surface area contributed by atoms with E-state index in [2.05, 4.69) is 20.7 Å². The first-order chi connectivity index (χ1) is 9.83. The van der Waals surface area contributed by atoms with E-state index in [1.807, 2.05) is 0 Å². The summed E-state index contributed by atoms with van der Waals surface area (Å²) in [5.41, 5.74) is 5.26. The number of halogens is 3. The minimum absolute atomic E-state index is 0.00448. The maximum atomic E-state index is 13.4. The third-order valence-electron chi connectivity index (χ3n) is 2.66. The minimum atomic E-state index is -3.94. The quantitative estimate of drug-likeness (QED) is 0.832. The van der Waals surface area contributed by atoms with Crippen LogP contribution in [0.3, 0.4) is 0 Å². The standard InChI is InChI=1S/C12H11BrF2N2O3S/c13-12-11(4-9(5-16)20-12)21(18,19)17-6-7-3-8(14)1-2-10(7)15/h1-4,17H,5-6,16H2. The molecule has 2 aromatic rings. The van der Waals surface area contributed by atoms with Crippen LogP contribution < -0.4 is 10.5 Å². The van der Waals surface area contributed by atoms with Gasteiger partial charge in [-0.3, -0.25) is 0 Å². The van der Waals surface area contributed by atoms with Crippen molar-refractivity contribution in [2.75, 3.05) is 0 Å². The van der Waals surface area contributed by atoms with E-state index in [0.29, 0.717) is 0 Å². The fourth-order valence-corrected chi connectivity index (χ4v) is 3.61. The Morgan fingerprint density at radius 3 is 2.62 bits per heavy atom. The predicted octanol–water partition coefficient (Wildman–Crippen LogP) is 2.26. The van der Waals surface area contributed by atoms with Gasteiger partial charge < -0.3 is 10.2 Å². The Kier molecular flexibility index (Phi) is 4.77. The summed E-state index contributed by atoms with van der Waals surface area (Å²) in [7, 11) is -3.94. The van der Waals surface area contributed by atoms with Crippen molar-refractivity contribution in [3.63, 3.8) is 0 Å². The molecule has 0 aliphatic heterocycles. The zero-order valence-electron chi connectivity index (χ0n) is 10.6. The smallest absolute Gasteiger partial charge is 0.245 e. The Bertz CT molecular complexity index is 762. The molecule has 0 atom stereocenters. The number of benzene rings is 1. The first kappa shape index (κ1) is 16.1. The summed E-state index contributed by atoms with van der Waals surface area (Å²) in [5.74, 6) is -1.08. The van der Waals surface area contributed by atoms with Crippen molar-refractivity contribution in [2.24, 2.45) is 5.73 Å². The molecule has 1 aromatic heterocycles. The zero-order chi connectivity index (χ0) is 15.6. The van der Waals surface area contributed by atoms with Gasteiger partial charge in [-0.15, -0.1) is 0 Å². The highest BCUT2D eigenvalue weighted by Crippen LogP contribution is 2.26. The van der Waals surface area contributed by atoms with Gasteiger partial charge >= 0.3 is 0 Å². The molecule has 0 bridgehead atoms. The molecule has 5 nitrogen and oxygen atoms in total. The van der Waals surface area contributed by atoms with Crippen LogP contribution in [0, 0.1) is 11.6 Å². The van der Waals surface area contributed by atoms with Crippen molar-refractivity contribution in [1.82, 2.24) is 4.72 Å². The van der Waals surface area contributed by atoms with Crippen molar-refractivity contribution in [3.05, 3.63) is 51.9 Å². The fraction of sp³-hybridized carbons (Fsp3) is 0.167. The summed E-state index contributed by atoms with van der Waals surface area (Å²) in [6, 6.07) is 4.06. The van der Waals surface area contributed by atoms with E-state index < -0.39 is 21.7 Å². The maximum absolute atomic E-state index is 13.4. The summed E-state index contributed by atoms with van der Waals surface area (Å²) >= 11 is 2.97. The second-order valence-electron chi connectivity index (χ2n) is 4.12. The van der Waals surface area contributed by atoms with Crippen LogP contribution >= 0.6 is 15.9 Å². The molecular weight excluding hydrogens is 370 g/mol. The summed E-state index contributed by atoms with van der Waals surface area (Å²) < 4.78 is 57.9. The van der Waals surface area contributed by atoms with Crippen molar-refractivity contribution in [3.8, 4) is 0 Å². The lowest BCUT2D eigenvalue weighted by Gasteiger charge is -2.06. The molecule has 0 unspecified atom stereocenters. The van der Waals surface area contributed by atoms with Crippen LogP contribution in [0.25, 0.3) is 0 Å². The minimum Gasteiger partial charge on any atom is -0.452 e. The summed E-state index contributed by atoms with van der Waals surface area (Å²) in [4.78, 5) is -0.153. The molecule has 0 amide bonds. The van der Waals surface area contributed by atoms with E-state index in [1.54, 1.807) is 0 Å².